The number of para-hydroxylation sites is 1. The molecule has 0 atom stereocenters. The lowest BCUT2D eigenvalue weighted by atomic mass is 9.95. The standard InChI is InChI=1S/C60H41N5O/c1-39(47-31-18-26-42-21-12-13-27-48(42)47)61-57(44-22-8-4-9-23-44)62-40(2)52-37-54-50-29-16-17-32-55(50)66-56(54)38-53(52)43-33-35-46(36-34-43)59-63-58(45-24-10-5-11-25-45)64-60(65-59)51-30-15-14-28-49(51)41-19-6-3-7-20-41/h3-38H,2H2,1H3. The van der Waals surface area contributed by atoms with E-state index in [0.29, 0.717) is 29.0 Å². The number of amidine groups is 1. The van der Waals surface area contributed by atoms with Gasteiger partial charge in [0.05, 0.1) is 5.70 Å². The van der Waals surface area contributed by atoms with E-state index in [1.54, 1.807) is 0 Å². The summed E-state index contributed by atoms with van der Waals surface area (Å²) in [7, 11) is 0. The van der Waals surface area contributed by atoms with E-state index in [4.69, 9.17) is 29.4 Å². The lowest BCUT2D eigenvalue weighted by Crippen LogP contribution is -2.05. The molecule has 0 saturated carbocycles. The Labute approximate surface area is 382 Å². The van der Waals surface area contributed by atoms with Crippen molar-refractivity contribution in [1.29, 1.82) is 0 Å². The van der Waals surface area contributed by atoms with Gasteiger partial charge in [-0.15, -0.1) is 0 Å². The van der Waals surface area contributed by atoms with Gasteiger partial charge >= 0.3 is 0 Å². The topological polar surface area (TPSA) is 76.5 Å². The van der Waals surface area contributed by atoms with Gasteiger partial charge in [-0.05, 0) is 58.1 Å². The van der Waals surface area contributed by atoms with Crippen molar-refractivity contribution in [2.45, 2.75) is 6.92 Å². The Kier molecular flexibility index (Phi) is 10.5. The second-order valence-electron chi connectivity index (χ2n) is 16.1. The van der Waals surface area contributed by atoms with Crippen molar-refractivity contribution in [3.63, 3.8) is 0 Å². The van der Waals surface area contributed by atoms with Crippen molar-refractivity contribution in [2.75, 3.05) is 0 Å². The van der Waals surface area contributed by atoms with Crippen LogP contribution in [0.1, 0.15) is 23.6 Å². The van der Waals surface area contributed by atoms with Crippen molar-refractivity contribution in [2.24, 2.45) is 9.98 Å². The summed E-state index contributed by atoms with van der Waals surface area (Å²) < 4.78 is 6.47. The number of benzene rings is 9. The molecular weight excluding hydrogens is 807 g/mol. The van der Waals surface area contributed by atoms with Gasteiger partial charge < -0.3 is 4.42 Å². The van der Waals surface area contributed by atoms with E-state index in [0.717, 1.165) is 94.1 Å². The first-order valence-corrected chi connectivity index (χ1v) is 21.9. The molecule has 0 aliphatic rings. The van der Waals surface area contributed by atoms with E-state index in [1.807, 2.05) is 116 Å². The molecule has 312 valence electrons. The largest absolute Gasteiger partial charge is 0.456 e. The van der Waals surface area contributed by atoms with E-state index < -0.39 is 0 Å². The predicted molar refractivity (Wildman–Crippen MR) is 272 cm³/mol. The quantitative estimate of drug-likeness (QED) is 0.107. The molecule has 6 heteroatoms. The highest BCUT2D eigenvalue weighted by atomic mass is 16.3. The summed E-state index contributed by atoms with van der Waals surface area (Å²) in [5.74, 6) is 2.34. The molecule has 11 rings (SSSR count). The van der Waals surface area contributed by atoms with Gasteiger partial charge in [0.25, 0.3) is 0 Å². The number of rotatable bonds is 9. The zero-order valence-electron chi connectivity index (χ0n) is 36.1. The third-order valence-electron chi connectivity index (χ3n) is 11.9. The fraction of sp³-hybridized carbons (Fsp3) is 0.0167. The van der Waals surface area contributed by atoms with Crippen molar-refractivity contribution in [3.8, 4) is 56.4 Å². The molecule has 0 bridgehead atoms. The van der Waals surface area contributed by atoms with Crippen LogP contribution in [-0.4, -0.2) is 26.5 Å². The third kappa shape index (κ3) is 7.78. The Morgan fingerprint density at radius 2 is 0.955 bits per heavy atom. The Morgan fingerprint density at radius 3 is 1.70 bits per heavy atom. The van der Waals surface area contributed by atoms with Crippen LogP contribution in [0.2, 0.25) is 0 Å². The molecule has 0 spiro atoms. The van der Waals surface area contributed by atoms with Crippen LogP contribution < -0.4 is 0 Å². The number of hydrogen-bond donors (Lipinski definition) is 0. The first-order valence-electron chi connectivity index (χ1n) is 21.9. The van der Waals surface area contributed by atoms with Crippen LogP contribution in [0, 0.1) is 0 Å². The second-order valence-corrected chi connectivity index (χ2v) is 16.1. The monoisotopic (exact) mass is 847 g/mol. The summed E-state index contributed by atoms with van der Waals surface area (Å²) in [6.45, 7) is 6.68. The van der Waals surface area contributed by atoms with Crippen LogP contribution in [0.25, 0.3) is 94.8 Å². The maximum absolute atomic E-state index is 6.47. The predicted octanol–water partition coefficient (Wildman–Crippen LogP) is 15.2. The summed E-state index contributed by atoms with van der Waals surface area (Å²) in [4.78, 5) is 25.8. The lowest BCUT2D eigenvalue weighted by molar-refractivity contribution is 0.669. The molecule has 0 unspecified atom stereocenters. The van der Waals surface area contributed by atoms with Crippen molar-refractivity contribution in [3.05, 3.63) is 242 Å². The average molecular weight is 848 g/mol. The van der Waals surface area contributed by atoms with E-state index in [-0.39, 0.29) is 0 Å². The maximum Gasteiger partial charge on any atom is 0.164 e. The summed E-state index contributed by atoms with van der Waals surface area (Å²) in [5, 5.41) is 4.30. The van der Waals surface area contributed by atoms with Gasteiger partial charge in [-0.1, -0.05) is 207 Å². The summed E-state index contributed by atoms with van der Waals surface area (Å²) in [5.41, 5.74) is 12.5. The number of hydrogen-bond acceptors (Lipinski definition) is 5. The molecule has 0 fully saturated rings. The zero-order chi connectivity index (χ0) is 44.4. The van der Waals surface area contributed by atoms with Gasteiger partial charge in [-0.25, -0.2) is 24.9 Å². The van der Waals surface area contributed by atoms with Crippen molar-refractivity contribution < 1.29 is 4.42 Å². The normalized spacial score (nSPS) is 12.0. The molecule has 0 N–H and O–H groups in total. The molecule has 2 aromatic heterocycles. The first kappa shape index (κ1) is 39.9. The molecule has 0 saturated heterocycles. The van der Waals surface area contributed by atoms with Crippen LogP contribution in [-0.2, 0) is 0 Å². The first-order chi connectivity index (χ1) is 32.5. The number of furan rings is 1. The fourth-order valence-corrected chi connectivity index (χ4v) is 8.63. The van der Waals surface area contributed by atoms with Crippen LogP contribution in [0.5, 0.6) is 0 Å². The molecule has 0 radical (unpaired) electrons. The Morgan fingerprint density at radius 1 is 0.409 bits per heavy atom. The average Bonchev–Trinajstić information content (AvgIpc) is 3.76. The minimum atomic E-state index is 0.568. The molecule has 66 heavy (non-hydrogen) atoms. The number of aromatic nitrogens is 3. The second kappa shape index (κ2) is 17.4. The number of fused-ring (bicyclic) bond motifs is 4. The minimum Gasteiger partial charge on any atom is -0.456 e. The summed E-state index contributed by atoms with van der Waals surface area (Å²) in [6, 6.07) is 74.1. The van der Waals surface area contributed by atoms with Gasteiger partial charge in [0.15, 0.2) is 23.3 Å². The third-order valence-corrected chi connectivity index (χ3v) is 11.9. The van der Waals surface area contributed by atoms with Gasteiger partial charge in [-0.3, -0.25) is 0 Å². The number of nitrogens with zero attached hydrogens (tertiary/aromatic N) is 5. The SMILES string of the molecule is C=C(N=C(N=C(C)c1cccc2ccccc12)c1ccccc1)c1cc2c(cc1-c1ccc(-c3nc(-c4ccccc4)nc(-c4ccccc4-c4ccccc4)n3)cc1)oc1ccccc12. The fourth-order valence-electron chi connectivity index (χ4n) is 8.63. The van der Waals surface area contributed by atoms with Gasteiger partial charge in [0.2, 0.25) is 0 Å². The van der Waals surface area contributed by atoms with Crippen LogP contribution in [0.4, 0.5) is 0 Å². The van der Waals surface area contributed by atoms with E-state index in [2.05, 4.69) is 116 Å². The molecule has 0 aliphatic carbocycles. The Hall–Kier alpha value is -8.87. The zero-order valence-corrected chi connectivity index (χ0v) is 36.1. The highest BCUT2D eigenvalue weighted by Crippen LogP contribution is 2.39. The Bertz CT molecular complexity index is 3650. The molecule has 2 heterocycles. The van der Waals surface area contributed by atoms with Gasteiger partial charge in [0, 0.05) is 49.9 Å². The van der Waals surface area contributed by atoms with E-state index in [9.17, 15) is 0 Å². The van der Waals surface area contributed by atoms with E-state index in [1.165, 1.54) is 0 Å². The molecule has 0 amide bonds. The van der Waals surface area contributed by atoms with Crippen molar-refractivity contribution in [1.82, 2.24) is 15.0 Å². The smallest absolute Gasteiger partial charge is 0.164 e. The lowest BCUT2D eigenvalue weighted by Gasteiger charge is -2.14. The molecular formula is C60H41N5O. The van der Waals surface area contributed by atoms with Crippen LogP contribution in [0.15, 0.2) is 239 Å². The van der Waals surface area contributed by atoms with Gasteiger partial charge in [-0.2, -0.15) is 0 Å². The molecule has 9 aromatic carbocycles. The highest BCUT2D eigenvalue weighted by molar-refractivity contribution is 6.17. The maximum atomic E-state index is 6.47. The summed E-state index contributed by atoms with van der Waals surface area (Å²) >= 11 is 0. The van der Waals surface area contributed by atoms with Crippen LogP contribution in [0.3, 0.4) is 0 Å². The number of aliphatic imine (C=N–C) groups is 2. The van der Waals surface area contributed by atoms with E-state index >= 15 is 0 Å². The van der Waals surface area contributed by atoms with Crippen LogP contribution >= 0.6 is 0 Å². The van der Waals surface area contributed by atoms with Crippen molar-refractivity contribution >= 4 is 50.0 Å². The minimum absolute atomic E-state index is 0.568. The molecule has 6 nitrogen and oxygen atoms in total. The molecule has 11 aromatic rings. The highest BCUT2D eigenvalue weighted by Gasteiger charge is 2.19. The summed E-state index contributed by atoms with van der Waals surface area (Å²) in [6.07, 6.45) is 0. The van der Waals surface area contributed by atoms with Gasteiger partial charge in [0.1, 0.15) is 11.2 Å². The molecule has 0 aliphatic heterocycles. The Balaban J connectivity index is 1.04.